The second kappa shape index (κ2) is 6.66. The lowest BCUT2D eigenvalue weighted by atomic mass is 10.0. The molecule has 1 N–H and O–H groups in total. The van der Waals surface area contributed by atoms with Crippen molar-refractivity contribution >= 4 is 0 Å². The van der Waals surface area contributed by atoms with Gasteiger partial charge in [0.25, 0.3) is 0 Å². The Hall–Kier alpha value is -0.870. The second-order valence-corrected chi connectivity index (χ2v) is 4.29. The van der Waals surface area contributed by atoms with Gasteiger partial charge < -0.3 is 14.4 Å². The molecule has 0 aliphatic carbocycles. The van der Waals surface area contributed by atoms with Crippen molar-refractivity contribution in [3.63, 3.8) is 0 Å². The summed E-state index contributed by atoms with van der Waals surface area (Å²) in [6, 6.07) is 0. The molecule has 0 bridgehead atoms. The molecule has 4 heteroatoms. The molecule has 0 fully saturated rings. The highest BCUT2D eigenvalue weighted by atomic mass is 16.5. The fraction of sp³-hybridized carbons (Fsp3) is 0.750. The highest BCUT2D eigenvalue weighted by Crippen LogP contribution is 2.20. The number of nitrogens with zero attached hydrogens (tertiary/aromatic N) is 2. The zero-order valence-corrected chi connectivity index (χ0v) is 10.4. The molecule has 0 spiro atoms. The molecule has 1 heterocycles. The van der Waals surface area contributed by atoms with Gasteiger partial charge in [-0.25, -0.2) is 4.98 Å². The summed E-state index contributed by atoms with van der Waals surface area (Å²) in [5.74, 6) is 1.11. The van der Waals surface area contributed by atoms with E-state index in [1.54, 1.807) is 13.3 Å². The maximum Gasteiger partial charge on any atom is 0.137 e. The Morgan fingerprint density at radius 3 is 2.94 bits per heavy atom. The number of rotatable bonds is 7. The van der Waals surface area contributed by atoms with Crippen LogP contribution in [0.3, 0.4) is 0 Å². The van der Waals surface area contributed by atoms with E-state index in [1.807, 2.05) is 10.8 Å². The van der Waals surface area contributed by atoms with Crippen LogP contribution in [0.1, 0.15) is 38.6 Å². The van der Waals surface area contributed by atoms with Crippen LogP contribution in [0.5, 0.6) is 0 Å². The standard InChI is InChI=1S/C12H22N2O2/c1-4-6-14-7-5-13-12(14)11(15)8-10(2)9-16-3/h5,7,10-11,15H,4,6,8-9H2,1-3H3. The monoisotopic (exact) mass is 226 g/mol. The number of ether oxygens (including phenoxy) is 1. The average molecular weight is 226 g/mol. The van der Waals surface area contributed by atoms with Crippen molar-refractivity contribution in [3.8, 4) is 0 Å². The third-order valence-electron chi connectivity index (χ3n) is 2.59. The Balaban J connectivity index is 2.57. The number of aromatic nitrogens is 2. The van der Waals surface area contributed by atoms with Crippen molar-refractivity contribution in [1.29, 1.82) is 0 Å². The van der Waals surface area contributed by atoms with Crippen molar-refractivity contribution in [2.45, 2.75) is 39.3 Å². The third kappa shape index (κ3) is 3.61. The molecule has 0 radical (unpaired) electrons. The summed E-state index contributed by atoms with van der Waals surface area (Å²) in [7, 11) is 1.68. The van der Waals surface area contributed by atoms with Crippen LogP contribution in [-0.2, 0) is 11.3 Å². The summed E-state index contributed by atoms with van der Waals surface area (Å²) >= 11 is 0. The predicted octanol–water partition coefficient (Wildman–Crippen LogP) is 2.00. The molecule has 0 aliphatic rings. The van der Waals surface area contributed by atoms with Gasteiger partial charge in [-0.1, -0.05) is 13.8 Å². The van der Waals surface area contributed by atoms with E-state index in [2.05, 4.69) is 18.8 Å². The molecule has 1 rings (SSSR count). The summed E-state index contributed by atoms with van der Waals surface area (Å²) in [5.41, 5.74) is 0. The summed E-state index contributed by atoms with van der Waals surface area (Å²) in [6.07, 6.45) is 4.91. The van der Waals surface area contributed by atoms with Gasteiger partial charge in [0.15, 0.2) is 0 Å². The fourth-order valence-corrected chi connectivity index (χ4v) is 1.89. The molecule has 0 aliphatic heterocycles. The lowest BCUT2D eigenvalue weighted by Gasteiger charge is -2.16. The van der Waals surface area contributed by atoms with Crippen LogP contribution < -0.4 is 0 Å². The highest BCUT2D eigenvalue weighted by molar-refractivity contribution is 4.96. The van der Waals surface area contributed by atoms with Crippen LogP contribution in [0.4, 0.5) is 0 Å². The van der Waals surface area contributed by atoms with Crippen LogP contribution >= 0.6 is 0 Å². The zero-order chi connectivity index (χ0) is 12.0. The van der Waals surface area contributed by atoms with E-state index >= 15 is 0 Å². The predicted molar refractivity (Wildman–Crippen MR) is 63.1 cm³/mol. The minimum Gasteiger partial charge on any atom is -0.385 e. The van der Waals surface area contributed by atoms with Gasteiger partial charge in [0.05, 0.1) is 0 Å². The van der Waals surface area contributed by atoms with E-state index in [1.165, 1.54) is 0 Å². The van der Waals surface area contributed by atoms with E-state index < -0.39 is 6.10 Å². The first-order valence-electron chi connectivity index (χ1n) is 5.87. The molecule has 0 amide bonds. The van der Waals surface area contributed by atoms with Crippen molar-refractivity contribution in [3.05, 3.63) is 18.2 Å². The summed E-state index contributed by atoms with van der Waals surface area (Å²) < 4.78 is 7.08. The fourth-order valence-electron chi connectivity index (χ4n) is 1.89. The van der Waals surface area contributed by atoms with Crippen LogP contribution in [0.15, 0.2) is 12.4 Å². The molecule has 0 aromatic carbocycles. The first-order valence-corrected chi connectivity index (χ1v) is 5.87. The maximum atomic E-state index is 10.1. The molecule has 2 unspecified atom stereocenters. The van der Waals surface area contributed by atoms with Crippen molar-refractivity contribution in [2.24, 2.45) is 5.92 Å². The van der Waals surface area contributed by atoms with Gasteiger partial charge in [0, 0.05) is 32.7 Å². The lowest BCUT2D eigenvalue weighted by Crippen LogP contribution is -2.14. The third-order valence-corrected chi connectivity index (χ3v) is 2.59. The smallest absolute Gasteiger partial charge is 0.137 e. The van der Waals surface area contributed by atoms with E-state index in [-0.39, 0.29) is 0 Å². The Kier molecular flexibility index (Phi) is 5.49. The molecule has 0 saturated carbocycles. The molecule has 16 heavy (non-hydrogen) atoms. The highest BCUT2D eigenvalue weighted by Gasteiger charge is 2.16. The Morgan fingerprint density at radius 1 is 1.56 bits per heavy atom. The molecule has 1 aromatic rings. The van der Waals surface area contributed by atoms with Crippen LogP contribution in [-0.4, -0.2) is 28.4 Å². The van der Waals surface area contributed by atoms with E-state index in [9.17, 15) is 5.11 Å². The topological polar surface area (TPSA) is 47.3 Å². The molecular weight excluding hydrogens is 204 g/mol. The van der Waals surface area contributed by atoms with Gasteiger partial charge in [-0.3, -0.25) is 0 Å². The number of methoxy groups -OCH3 is 1. The molecule has 0 saturated heterocycles. The number of imidazole rings is 1. The quantitative estimate of drug-likeness (QED) is 0.773. The summed E-state index contributed by atoms with van der Waals surface area (Å²) in [4.78, 5) is 4.22. The van der Waals surface area contributed by atoms with Crippen molar-refractivity contribution in [1.82, 2.24) is 9.55 Å². The van der Waals surface area contributed by atoms with Gasteiger partial charge in [0.1, 0.15) is 11.9 Å². The molecule has 2 atom stereocenters. The van der Waals surface area contributed by atoms with E-state index in [0.29, 0.717) is 18.9 Å². The summed E-state index contributed by atoms with van der Waals surface area (Å²) in [5, 5.41) is 10.1. The number of aliphatic hydroxyl groups excluding tert-OH is 1. The van der Waals surface area contributed by atoms with Crippen molar-refractivity contribution in [2.75, 3.05) is 13.7 Å². The van der Waals surface area contributed by atoms with Crippen LogP contribution in [0, 0.1) is 5.92 Å². The van der Waals surface area contributed by atoms with Gasteiger partial charge in [0.2, 0.25) is 0 Å². The number of aryl methyl sites for hydroxylation is 1. The minimum absolute atomic E-state index is 0.340. The maximum absolute atomic E-state index is 10.1. The normalized spacial score (nSPS) is 15.0. The Labute approximate surface area is 97.3 Å². The largest absolute Gasteiger partial charge is 0.385 e. The van der Waals surface area contributed by atoms with E-state index in [4.69, 9.17) is 4.74 Å². The average Bonchev–Trinajstić information content (AvgIpc) is 2.66. The first-order chi connectivity index (χ1) is 7.69. The summed E-state index contributed by atoms with van der Waals surface area (Å²) in [6.45, 7) is 5.76. The lowest BCUT2D eigenvalue weighted by molar-refractivity contribution is 0.0947. The van der Waals surface area contributed by atoms with Crippen LogP contribution in [0.2, 0.25) is 0 Å². The number of aliphatic hydroxyl groups is 1. The van der Waals surface area contributed by atoms with Crippen molar-refractivity contribution < 1.29 is 9.84 Å². The van der Waals surface area contributed by atoms with Gasteiger partial charge >= 0.3 is 0 Å². The second-order valence-electron chi connectivity index (χ2n) is 4.29. The Bertz CT molecular complexity index is 299. The van der Waals surface area contributed by atoms with E-state index in [0.717, 1.165) is 18.8 Å². The van der Waals surface area contributed by atoms with Gasteiger partial charge in [-0.15, -0.1) is 0 Å². The number of hydrogen-bond acceptors (Lipinski definition) is 3. The molecule has 4 nitrogen and oxygen atoms in total. The zero-order valence-electron chi connectivity index (χ0n) is 10.4. The van der Waals surface area contributed by atoms with Gasteiger partial charge in [-0.2, -0.15) is 0 Å². The first kappa shape index (κ1) is 13.2. The SMILES string of the molecule is CCCn1ccnc1C(O)CC(C)COC. The minimum atomic E-state index is -0.494. The Morgan fingerprint density at radius 2 is 2.31 bits per heavy atom. The molecular formula is C12H22N2O2. The van der Waals surface area contributed by atoms with Gasteiger partial charge in [-0.05, 0) is 18.8 Å². The molecule has 1 aromatic heterocycles. The van der Waals surface area contributed by atoms with Crippen LogP contribution in [0.25, 0.3) is 0 Å². The molecule has 92 valence electrons. The number of hydrogen-bond donors (Lipinski definition) is 1.